The number of aromatic nitrogens is 1. The van der Waals surface area contributed by atoms with Gasteiger partial charge >= 0.3 is 0 Å². The molecule has 0 aliphatic carbocycles. The fourth-order valence-corrected chi connectivity index (χ4v) is 2.81. The number of nitrogens with zero attached hydrogens (tertiary/aromatic N) is 1. The van der Waals surface area contributed by atoms with Crippen LogP contribution in [0.5, 0.6) is 0 Å². The Balaban J connectivity index is 2.32. The Morgan fingerprint density at radius 2 is 2.06 bits per heavy atom. The van der Waals surface area contributed by atoms with Gasteiger partial charge in [-0.1, -0.05) is 48.5 Å². The van der Waals surface area contributed by atoms with Crippen LogP contribution in [0.4, 0.5) is 0 Å². The average Bonchev–Trinajstić information content (AvgIpc) is 2.41. The van der Waals surface area contributed by atoms with E-state index in [2.05, 4.69) is 4.98 Å². The molecule has 1 heterocycles. The van der Waals surface area contributed by atoms with Crippen LogP contribution in [0.3, 0.4) is 0 Å². The number of rotatable bonds is 4. The maximum Gasteiger partial charge on any atom is 0.119 e. The second kappa shape index (κ2) is 6.23. The summed E-state index contributed by atoms with van der Waals surface area (Å²) in [7, 11) is 0. The first-order chi connectivity index (χ1) is 8.72. The molecule has 0 aliphatic heterocycles. The number of aliphatic hydroxyl groups excluding tert-OH is 1. The number of aliphatic hydroxyl groups is 1. The summed E-state index contributed by atoms with van der Waals surface area (Å²) in [6.07, 6.45) is 1.96. The van der Waals surface area contributed by atoms with Crippen LogP contribution in [0.1, 0.15) is 25.0 Å². The zero-order valence-electron chi connectivity index (χ0n) is 10.0. The van der Waals surface area contributed by atoms with Crippen LogP contribution in [-0.2, 0) is 0 Å². The van der Waals surface area contributed by atoms with Gasteiger partial charge in [0.2, 0.25) is 0 Å². The van der Waals surface area contributed by atoms with E-state index in [9.17, 15) is 5.11 Å². The molecule has 4 heteroatoms. The minimum atomic E-state index is -0.448. The maximum atomic E-state index is 9.99. The quantitative estimate of drug-likeness (QED) is 0.904. The minimum Gasteiger partial charge on any atom is -0.388 e. The summed E-state index contributed by atoms with van der Waals surface area (Å²) < 4.78 is 0. The highest BCUT2D eigenvalue weighted by Gasteiger charge is 2.12. The molecule has 0 saturated carbocycles. The van der Waals surface area contributed by atoms with Crippen LogP contribution in [0.15, 0.2) is 52.5 Å². The molecule has 1 aromatic carbocycles. The van der Waals surface area contributed by atoms with Crippen LogP contribution in [0.25, 0.3) is 0 Å². The van der Waals surface area contributed by atoms with E-state index in [4.69, 9.17) is 11.6 Å². The van der Waals surface area contributed by atoms with Gasteiger partial charge in [0.25, 0.3) is 0 Å². The molecule has 1 aromatic heterocycles. The molecule has 2 rings (SSSR count). The van der Waals surface area contributed by atoms with Crippen LogP contribution in [-0.4, -0.2) is 10.1 Å². The Labute approximate surface area is 116 Å². The zero-order chi connectivity index (χ0) is 13.0. The van der Waals surface area contributed by atoms with E-state index in [0.717, 1.165) is 15.5 Å². The Morgan fingerprint density at radius 3 is 2.78 bits per heavy atom. The minimum absolute atomic E-state index is 0.448. The van der Waals surface area contributed by atoms with Crippen molar-refractivity contribution in [3.05, 3.63) is 53.2 Å². The Kier molecular flexibility index (Phi) is 4.64. The van der Waals surface area contributed by atoms with Gasteiger partial charge in [0, 0.05) is 11.1 Å². The van der Waals surface area contributed by atoms with Gasteiger partial charge in [0.15, 0.2) is 0 Å². The molecule has 0 amide bonds. The van der Waals surface area contributed by atoms with Crippen molar-refractivity contribution in [2.75, 3.05) is 0 Å². The summed E-state index contributed by atoms with van der Waals surface area (Å²) >= 11 is 7.58. The first kappa shape index (κ1) is 13.4. The lowest BCUT2D eigenvalue weighted by Crippen LogP contribution is -1.97. The fraction of sp³-hybridized carbons (Fsp3) is 0.214. The Hall–Kier alpha value is -1.03. The van der Waals surface area contributed by atoms with Crippen LogP contribution < -0.4 is 0 Å². The molecule has 2 nitrogen and oxygen atoms in total. The van der Waals surface area contributed by atoms with E-state index in [1.54, 1.807) is 12.3 Å². The summed E-state index contributed by atoms with van der Waals surface area (Å²) in [6.45, 7) is 1.96. The molecule has 18 heavy (non-hydrogen) atoms. The van der Waals surface area contributed by atoms with E-state index >= 15 is 0 Å². The Morgan fingerprint density at radius 1 is 1.28 bits per heavy atom. The number of hydrogen-bond acceptors (Lipinski definition) is 3. The van der Waals surface area contributed by atoms with Crippen molar-refractivity contribution in [2.24, 2.45) is 0 Å². The maximum absolute atomic E-state index is 9.99. The molecule has 2 aromatic rings. The van der Waals surface area contributed by atoms with Gasteiger partial charge in [-0.15, -0.1) is 0 Å². The van der Waals surface area contributed by atoms with Gasteiger partial charge in [-0.25, -0.2) is 4.98 Å². The number of hydrogen-bond donors (Lipinski definition) is 1. The third-order valence-corrected chi connectivity index (χ3v) is 4.12. The summed E-state index contributed by atoms with van der Waals surface area (Å²) in [6, 6.07) is 11.4. The van der Waals surface area contributed by atoms with E-state index in [0.29, 0.717) is 11.4 Å². The first-order valence-corrected chi connectivity index (χ1v) is 6.97. The third kappa shape index (κ3) is 3.05. The van der Waals surface area contributed by atoms with Gasteiger partial charge in [0.05, 0.1) is 11.1 Å². The lowest BCUT2D eigenvalue weighted by Gasteiger charge is -2.13. The second-order valence-corrected chi connectivity index (χ2v) is 5.29. The predicted octanol–water partition coefficient (Wildman–Crippen LogP) is 4.33. The largest absolute Gasteiger partial charge is 0.388 e. The molecule has 0 fully saturated rings. The summed E-state index contributed by atoms with van der Waals surface area (Å²) in [4.78, 5) is 5.24. The highest BCUT2D eigenvalue weighted by atomic mass is 35.5. The third-order valence-electron chi connectivity index (χ3n) is 2.60. The van der Waals surface area contributed by atoms with E-state index < -0.39 is 6.10 Å². The van der Waals surface area contributed by atoms with E-state index in [-0.39, 0.29) is 0 Å². The average molecular weight is 280 g/mol. The predicted molar refractivity (Wildman–Crippen MR) is 75.1 cm³/mol. The molecule has 0 spiro atoms. The molecule has 1 N–H and O–H groups in total. The molecule has 0 radical (unpaired) electrons. The zero-order valence-corrected chi connectivity index (χ0v) is 11.6. The number of halogens is 1. The highest BCUT2D eigenvalue weighted by molar-refractivity contribution is 7.99. The van der Waals surface area contributed by atoms with Gasteiger partial charge < -0.3 is 5.11 Å². The van der Waals surface area contributed by atoms with Crippen molar-refractivity contribution >= 4 is 23.4 Å². The van der Waals surface area contributed by atoms with Gasteiger partial charge in [0.1, 0.15) is 5.03 Å². The molecule has 0 unspecified atom stereocenters. The SMILES string of the molecule is CC[C@@H](O)c1ccccc1Sc1ncccc1Cl. The van der Waals surface area contributed by atoms with Crippen molar-refractivity contribution in [3.8, 4) is 0 Å². The van der Waals surface area contributed by atoms with Crippen LogP contribution in [0, 0.1) is 0 Å². The lowest BCUT2D eigenvalue weighted by atomic mass is 10.1. The lowest BCUT2D eigenvalue weighted by molar-refractivity contribution is 0.171. The van der Waals surface area contributed by atoms with Crippen molar-refractivity contribution in [3.63, 3.8) is 0 Å². The summed E-state index contributed by atoms with van der Waals surface area (Å²) in [5, 5.41) is 11.4. The molecular formula is C14H14ClNOS. The fourth-order valence-electron chi connectivity index (χ4n) is 1.62. The topological polar surface area (TPSA) is 33.1 Å². The van der Waals surface area contributed by atoms with E-state index in [1.165, 1.54) is 11.8 Å². The first-order valence-electron chi connectivity index (χ1n) is 5.77. The second-order valence-electron chi connectivity index (χ2n) is 3.85. The van der Waals surface area contributed by atoms with Gasteiger partial charge in [-0.3, -0.25) is 0 Å². The van der Waals surface area contributed by atoms with Crippen LogP contribution >= 0.6 is 23.4 Å². The smallest absolute Gasteiger partial charge is 0.119 e. The van der Waals surface area contributed by atoms with Gasteiger partial charge in [-0.2, -0.15) is 0 Å². The normalized spacial score (nSPS) is 12.4. The number of benzene rings is 1. The molecule has 0 aliphatic rings. The standard InChI is InChI=1S/C14H14ClNOS/c1-2-12(17)10-6-3-4-8-13(10)18-14-11(15)7-5-9-16-14/h3-9,12,17H,2H2,1H3/t12-/m1/s1. The van der Waals surface area contributed by atoms with Crippen LogP contribution in [0.2, 0.25) is 5.02 Å². The molecule has 94 valence electrons. The number of pyridine rings is 1. The summed E-state index contributed by atoms with van der Waals surface area (Å²) in [5.41, 5.74) is 0.923. The summed E-state index contributed by atoms with van der Waals surface area (Å²) in [5.74, 6) is 0. The van der Waals surface area contributed by atoms with Crippen molar-refractivity contribution < 1.29 is 5.11 Å². The molecular weight excluding hydrogens is 266 g/mol. The van der Waals surface area contributed by atoms with Crippen molar-refractivity contribution in [1.29, 1.82) is 0 Å². The van der Waals surface area contributed by atoms with Crippen molar-refractivity contribution in [2.45, 2.75) is 29.4 Å². The molecule has 1 atom stereocenters. The highest BCUT2D eigenvalue weighted by Crippen LogP contribution is 2.35. The van der Waals surface area contributed by atoms with E-state index in [1.807, 2.05) is 37.3 Å². The molecule has 0 saturated heterocycles. The molecule has 0 bridgehead atoms. The van der Waals surface area contributed by atoms with Gasteiger partial charge in [-0.05, 0) is 30.2 Å². The Bertz CT molecular complexity index is 533. The monoisotopic (exact) mass is 279 g/mol. The van der Waals surface area contributed by atoms with Crippen molar-refractivity contribution in [1.82, 2.24) is 4.98 Å².